The molecule has 0 amide bonds. The molecule has 0 fully saturated rings. The van der Waals surface area contributed by atoms with Gasteiger partial charge in [0, 0.05) is 12.5 Å². The van der Waals surface area contributed by atoms with Crippen molar-refractivity contribution in [3.8, 4) is 0 Å². The summed E-state index contributed by atoms with van der Waals surface area (Å²) in [4.78, 5) is 0. The fourth-order valence-electron chi connectivity index (χ4n) is 0.772. The topological polar surface area (TPSA) is 18.5 Å². The molecule has 0 heterocycles. The summed E-state index contributed by atoms with van der Waals surface area (Å²) in [6.07, 6.45) is 1.93. The molecule has 13 heavy (non-hydrogen) atoms. The molecule has 0 N–H and O–H groups in total. The van der Waals surface area contributed by atoms with Crippen LogP contribution in [0.3, 0.4) is 0 Å². The molecule has 2 nitrogen and oxygen atoms in total. The summed E-state index contributed by atoms with van der Waals surface area (Å²) in [6, 6.07) is 0. The Hall–Kier alpha value is 0.571. The predicted octanol–water partition coefficient (Wildman–Crippen LogP) is 1.77. The van der Waals surface area contributed by atoms with Gasteiger partial charge in [-0.3, -0.25) is 0 Å². The van der Waals surface area contributed by atoms with Crippen molar-refractivity contribution in [3.05, 3.63) is 0 Å². The third-order valence-electron chi connectivity index (χ3n) is 1.47. The summed E-state index contributed by atoms with van der Waals surface area (Å²) in [5, 5.41) is 0. The Morgan fingerprint density at radius 3 is 1.92 bits per heavy atom. The van der Waals surface area contributed by atoms with Crippen molar-refractivity contribution in [1.82, 2.24) is 0 Å². The Bertz CT molecular complexity index is 134. The molecule has 0 aliphatic carbocycles. The molecule has 0 bridgehead atoms. The summed E-state index contributed by atoms with van der Waals surface area (Å²) in [5.41, 5.74) is 0. The van der Waals surface area contributed by atoms with Crippen molar-refractivity contribution in [2.45, 2.75) is 39.3 Å². The maximum Gasteiger partial charge on any atom is 0.197 e. The molecular weight excluding hydrogens is 212 g/mol. The quantitative estimate of drug-likeness (QED) is 0.655. The molecule has 1 unspecified atom stereocenters. The van der Waals surface area contributed by atoms with Crippen LogP contribution in [0.4, 0.5) is 0 Å². The zero-order valence-corrected chi connectivity index (χ0v) is 13.2. The van der Waals surface area contributed by atoms with Crippen molar-refractivity contribution in [2.24, 2.45) is 0 Å². The van der Waals surface area contributed by atoms with Gasteiger partial charge in [0.2, 0.25) is 0 Å². The number of hydrogen-bond donors (Lipinski definition) is 0. The van der Waals surface area contributed by atoms with Crippen LogP contribution in [-0.2, 0) is 8.85 Å². The maximum atomic E-state index is 5.81. The smallest absolute Gasteiger partial charge is 0.197 e. The zero-order valence-electron chi connectivity index (χ0n) is 9.89. The van der Waals surface area contributed by atoms with Gasteiger partial charge in [-0.25, -0.2) is 0 Å². The van der Waals surface area contributed by atoms with E-state index in [2.05, 4.69) is 39.3 Å². The first kappa shape index (κ1) is 13.6. The Balaban J connectivity index is 3.46. The van der Waals surface area contributed by atoms with Gasteiger partial charge >= 0.3 is 0 Å². The van der Waals surface area contributed by atoms with Gasteiger partial charge in [-0.05, 0) is 26.2 Å². The van der Waals surface area contributed by atoms with Crippen molar-refractivity contribution in [2.75, 3.05) is 12.5 Å². The van der Waals surface area contributed by atoms with E-state index in [-0.39, 0.29) is 0 Å². The number of rotatable bonds is 6. The lowest BCUT2D eigenvalue weighted by atomic mass is 11.7. The lowest BCUT2D eigenvalue weighted by Gasteiger charge is -2.20. The minimum Gasteiger partial charge on any atom is -0.422 e. The van der Waals surface area contributed by atoms with Gasteiger partial charge in [0.05, 0.1) is 8.80 Å². The molecule has 0 aromatic rings. The average Bonchev–Trinajstić information content (AvgIpc) is 1.95. The molecular formula is C8H24O2Si3. The summed E-state index contributed by atoms with van der Waals surface area (Å²) in [7, 11) is -2.85. The second-order valence-corrected chi connectivity index (χ2v) is 14.9. The summed E-state index contributed by atoms with van der Waals surface area (Å²) >= 11 is 0. The van der Waals surface area contributed by atoms with E-state index < -0.39 is 26.2 Å². The summed E-state index contributed by atoms with van der Waals surface area (Å²) < 4.78 is 11.6. The molecule has 0 aromatic carbocycles. The molecule has 0 aliphatic rings. The Morgan fingerprint density at radius 2 is 1.54 bits per heavy atom. The van der Waals surface area contributed by atoms with Crippen molar-refractivity contribution in [1.29, 1.82) is 0 Å². The van der Waals surface area contributed by atoms with Crippen LogP contribution in [-0.4, -0.2) is 38.6 Å². The van der Waals surface area contributed by atoms with Gasteiger partial charge in [-0.15, -0.1) is 0 Å². The van der Waals surface area contributed by atoms with Crippen LogP contribution in [0.15, 0.2) is 0 Å². The highest BCUT2D eigenvalue weighted by Gasteiger charge is 2.16. The highest BCUT2D eigenvalue weighted by molar-refractivity contribution is 6.70. The van der Waals surface area contributed by atoms with Crippen molar-refractivity contribution >= 4 is 26.2 Å². The van der Waals surface area contributed by atoms with E-state index in [1.807, 2.05) is 0 Å². The molecule has 0 saturated carbocycles. The van der Waals surface area contributed by atoms with Crippen molar-refractivity contribution in [3.63, 3.8) is 0 Å². The van der Waals surface area contributed by atoms with Crippen molar-refractivity contribution < 1.29 is 8.85 Å². The largest absolute Gasteiger partial charge is 0.422 e. The second kappa shape index (κ2) is 6.13. The van der Waals surface area contributed by atoms with Crippen LogP contribution in [0.25, 0.3) is 0 Å². The first-order valence-electron chi connectivity index (χ1n) is 5.07. The summed E-state index contributed by atoms with van der Waals surface area (Å²) in [6.45, 7) is 13.6. The standard InChI is InChI=1S/C8H24O2Si3/c1-11(2)7-9-12(3)8-10-13(4,5)6/h11-12H,7-8H2,1-6H3. The normalized spacial score (nSPS) is 15.0. The molecule has 0 spiro atoms. The monoisotopic (exact) mass is 236 g/mol. The molecule has 0 aromatic heterocycles. The van der Waals surface area contributed by atoms with E-state index in [0.29, 0.717) is 0 Å². The SMILES string of the molecule is C[SiH](C)CO[SiH](C)CO[Si](C)(C)C. The maximum absolute atomic E-state index is 5.81. The molecule has 0 saturated heterocycles. The van der Waals surface area contributed by atoms with Crippen LogP contribution in [0, 0.1) is 0 Å². The van der Waals surface area contributed by atoms with Gasteiger partial charge in [0.15, 0.2) is 17.4 Å². The molecule has 80 valence electrons. The van der Waals surface area contributed by atoms with E-state index in [9.17, 15) is 0 Å². The number of hydrogen-bond acceptors (Lipinski definition) is 2. The average molecular weight is 237 g/mol. The predicted molar refractivity (Wildman–Crippen MR) is 67.1 cm³/mol. The third-order valence-corrected chi connectivity index (χ3v) is 5.47. The third kappa shape index (κ3) is 10.5. The van der Waals surface area contributed by atoms with Gasteiger partial charge < -0.3 is 8.85 Å². The van der Waals surface area contributed by atoms with Gasteiger partial charge in [-0.2, -0.15) is 0 Å². The Kier molecular flexibility index (Phi) is 6.40. The molecule has 0 aliphatic heterocycles. The Labute approximate surface area is 87.1 Å². The highest BCUT2D eigenvalue weighted by Crippen LogP contribution is 2.03. The van der Waals surface area contributed by atoms with Crippen LogP contribution < -0.4 is 0 Å². The van der Waals surface area contributed by atoms with Crippen LogP contribution in [0.1, 0.15) is 0 Å². The van der Waals surface area contributed by atoms with E-state index in [1.54, 1.807) is 0 Å². The van der Waals surface area contributed by atoms with Crippen LogP contribution >= 0.6 is 0 Å². The highest BCUT2D eigenvalue weighted by atomic mass is 28.4. The van der Waals surface area contributed by atoms with E-state index >= 15 is 0 Å². The lowest BCUT2D eigenvalue weighted by molar-refractivity contribution is 0.318. The minimum atomic E-state index is -1.31. The summed E-state index contributed by atoms with van der Waals surface area (Å²) in [5.74, 6) is 0. The first-order chi connectivity index (χ1) is 5.81. The molecule has 0 radical (unpaired) electrons. The minimum absolute atomic E-state index is 0.525. The first-order valence-corrected chi connectivity index (χ1v) is 14.0. The Morgan fingerprint density at radius 1 is 1.00 bits per heavy atom. The second-order valence-electron chi connectivity index (χ2n) is 4.96. The van der Waals surface area contributed by atoms with Gasteiger partial charge in [-0.1, -0.05) is 13.1 Å². The fourth-order valence-corrected chi connectivity index (χ4v) is 6.66. The lowest BCUT2D eigenvalue weighted by Crippen LogP contribution is -2.34. The van der Waals surface area contributed by atoms with E-state index in [0.717, 1.165) is 12.5 Å². The van der Waals surface area contributed by atoms with Crippen LogP contribution in [0.2, 0.25) is 39.3 Å². The molecule has 0 rings (SSSR count). The van der Waals surface area contributed by atoms with Gasteiger partial charge in [0.25, 0.3) is 0 Å². The van der Waals surface area contributed by atoms with E-state index in [1.165, 1.54) is 0 Å². The van der Waals surface area contributed by atoms with Gasteiger partial charge in [0.1, 0.15) is 0 Å². The fraction of sp³-hybridized carbons (Fsp3) is 1.00. The van der Waals surface area contributed by atoms with E-state index in [4.69, 9.17) is 8.85 Å². The van der Waals surface area contributed by atoms with Crippen LogP contribution in [0.5, 0.6) is 0 Å². The molecule has 5 heteroatoms. The zero-order chi connectivity index (χ0) is 10.5. The molecule has 1 atom stereocenters.